The first-order valence-electron chi connectivity index (χ1n) is 8.41. The number of anilines is 1. The molecular weight excluding hydrogens is 319 g/mol. The number of hydrogen-bond acceptors (Lipinski definition) is 3. The minimum absolute atomic E-state index is 0.167. The Bertz CT molecular complexity index is 593. The van der Waals surface area contributed by atoms with E-state index in [-0.39, 0.29) is 17.9 Å². The molecule has 0 atom stereocenters. The lowest BCUT2D eigenvalue weighted by atomic mass is 9.84. The molecule has 132 valence electrons. The minimum Gasteiger partial charge on any atom is -0.356 e. The summed E-state index contributed by atoms with van der Waals surface area (Å²) in [5.74, 6) is 0.756. The molecule has 2 heterocycles. The molecule has 0 radical (unpaired) electrons. The number of carbonyl (C=O) groups excluding carboxylic acids is 1. The van der Waals surface area contributed by atoms with Crippen LogP contribution in [-0.4, -0.2) is 42.0 Å². The van der Waals surface area contributed by atoms with Gasteiger partial charge < -0.3 is 9.80 Å². The zero-order valence-electron chi connectivity index (χ0n) is 13.7. The standard InChI is InChI=1S/C17H22F3N3O/c1-22(16(24)12-3-2-4-12)14-6-9-23(10-7-14)15-11-13(5-8-21-15)17(18,19)20/h5,8,11-12,14H,2-4,6-7,9-10H2,1H3. The van der Waals surface area contributed by atoms with Crippen molar-refractivity contribution in [1.82, 2.24) is 9.88 Å². The molecule has 7 heteroatoms. The summed E-state index contributed by atoms with van der Waals surface area (Å²) in [5.41, 5.74) is -0.674. The first-order chi connectivity index (χ1) is 11.4. The highest BCUT2D eigenvalue weighted by atomic mass is 19.4. The molecule has 0 aromatic carbocycles. The summed E-state index contributed by atoms with van der Waals surface area (Å²) in [6.07, 6.45) is 1.46. The normalized spacial score (nSPS) is 19.9. The SMILES string of the molecule is CN(C(=O)C1CCC1)C1CCN(c2cc(C(F)(F)F)ccn2)CC1. The van der Waals surface area contributed by atoms with Gasteiger partial charge in [0.15, 0.2) is 0 Å². The Morgan fingerprint density at radius 3 is 2.46 bits per heavy atom. The third kappa shape index (κ3) is 3.49. The Labute approximate surface area is 139 Å². The van der Waals surface area contributed by atoms with E-state index in [4.69, 9.17) is 0 Å². The minimum atomic E-state index is -4.36. The number of piperidine rings is 1. The van der Waals surface area contributed by atoms with Crippen molar-refractivity contribution in [3.05, 3.63) is 23.9 Å². The Morgan fingerprint density at radius 1 is 1.25 bits per heavy atom. The molecule has 1 aromatic rings. The van der Waals surface area contributed by atoms with Crippen LogP contribution in [0.4, 0.5) is 19.0 Å². The van der Waals surface area contributed by atoms with E-state index in [1.165, 1.54) is 6.20 Å². The van der Waals surface area contributed by atoms with Crippen molar-refractivity contribution in [1.29, 1.82) is 0 Å². The van der Waals surface area contributed by atoms with Crippen LogP contribution in [0.15, 0.2) is 18.3 Å². The molecule has 2 fully saturated rings. The van der Waals surface area contributed by atoms with E-state index in [0.717, 1.165) is 44.2 Å². The van der Waals surface area contributed by atoms with Crippen LogP contribution in [0.2, 0.25) is 0 Å². The van der Waals surface area contributed by atoms with Crippen molar-refractivity contribution in [2.45, 2.75) is 44.3 Å². The Balaban J connectivity index is 1.60. The molecule has 4 nitrogen and oxygen atoms in total. The van der Waals surface area contributed by atoms with Gasteiger partial charge in [-0.3, -0.25) is 4.79 Å². The second-order valence-corrected chi connectivity index (χ2v) is 6.70. The molecule has 0 unspecified atom stereocenters. The largest absolute Gasteiger partial charge is 0.416 e. The molecule has 1 aliphatic carbocycles. The maximum absolute atomic E-state index is 12.8. The van der Waals surface area contributed by atoms with Crippen LogP contribution in [0.3, 0.4) is 0 Å². The van der Waals surface area contributed by atoms with E-state index in [1.807, 2.05) is 16.8 Å². The van der Waals surface area contributed by atoms with Gasteiger partial charge >= 0.3 is 6.18 Å². The van der Waals surface area contributed by atoms with Crippen LogP contribution in [0.5, 0.6) is 0 Å². The number of halogens is 3. The molecule has 1 amide bonds. The van der Waals surface area contributed by atoms with Gasteiger partial charge in [-0.25, -0.2) is 4.98 Å². The smallest absolute Gasteiger partial charge is 0.356 e. The van der Waals surface area contributed by atoms with E-state index >= 15 is 0 Å². The maximum Gasteiger partial charge on any atom is 0.416 e. The number of amides is 1. The van der Waals surface area contributed by atoms with E-state index in [9.17, 15) is 18.0 Å². The quantitative estimate of drug-likeness (QED) is 0.846. The summed E-state index contributed by atoms with van der Waals surface area (Å²) < 4.78 is 38.4. The molecule has 1 saturated carbocycles. The number of rotatable bonds is 3. The zero-order chi connectivity index (χ0) is 17.3. The molecule has 0 spiro atoms. The van der Waals surface area contributed by atoms with Crippen molar-refractivity contribution in [3.63, 3.8) is 0 Å². The van der Waals surface area contributed by atoms with E-state index in [0.29, 0.717) is 18.9 Å². The van der Waals surface area contributed by atoms with E-state index < -0.39 is 11.7 Å². The fraction of sp³-hybridized carbons (Fsp3) is 0.647. The molecule has 3 rings (SSSR count). The first-order valence-corrected chi connectivity index (χ1v) is 8.41. The predicted octanol–water partition coefficient (Wildman–Crippen LogP) is 3.33. The maximum atomic E-state index is 12.8. The highest BCUT2D eigenvalue weighted by Crippen LogP contribution is 2.32. The highest BCUT2D eigenvalue weighted by molar-refractivity contribution is 5.79. The van der Waals surface area contributed by atoms with Gasteiger partial charge in [-0.15, -0.1) is 0 Å². The lowest BCUT2D eigenvalue weighted by molar-refractivity contribution is -0.139. The molecule has 2 aliphatic rings. The first kappa shape index (κ1) is 17.0. The van der Waals surface area contributed by atoms with Crippen LogP contribution in [0.25, 0.3) is 0 Å². The van der Waals surface area contributed by atoms with Gasteiger partial charge in [0.2, 0.25) is 5.91 Å². The van der Waals surface area contributed by atoms with Gasteiger partial charge in [0.1, 0.15) is 5.82 Å². The monoisotopic (exact) mass is 341 g/mol. The lowest BCUT2D eigenvalue weighted by Crippen LogP contribution is -2.48. The van der Waals surface area contributed by atoms with Crippen molar-refractivity contribution in [3.8, 4) is 0 Å². The van der Waals surface area contributed by atoms with Crippen LogP contribution in [0, 0.1) is 5.92 Å². The summed E-state index contributed by atoms with van der Waals surface area (Å²) in [5, 5.41) is 0. The van der Waals surface area contributed by atoms with Crippen molar-refractivity contribution < 1.29 is 18.0 Å². The fourth-order valence-corrected chi connectivity index (χ4v) is 3.37. The third-order valence-electron chi connectivity index (χ3n) is 5.21. The molecule has 0 N–H and O–H groups in total. The number of alkyl halides is 3. The van der Waals surface area contributed by atoms with Gasteiger partial charge in [0.25, 0.3) is 0 Å². The molecular formula is C17H22F3N3O. The molecule has 1 aromatic heterocycles. The molecule has 24 heavy (non-hydrogen) atoms. The van der Waals surface area contributed by atoms with Gasteiger partial charge in [-0.05, 0) is 37.8 Å². The van der Waals surface area contributed by atoms with Crippen LogP contribution < -0.4 is 4.90 Å². The summed E-state index contributed by atoms with van der Waals surface area (Å²) >= 11 is 0. The predicted molar refractivity (Wildman–Crippen MR) is 84.6 cm³/mol. The Morgan fingerprint density at radius 2 is 1.92 bits per heavy atom. The summed E-state index contributed by atoms with van der Waals surface area (Å²) in [7, 11) is 1.85. The fourth-order valence-electron chi connectivity index (χ4n) is 3.37. The number of pyridine rings is 1. The summed E-state index contributed by atoms with van der Waals surface area (Å²) in [6.45, 7) is 1.22. The zero-order valence-corrected chi connectivity index (χ0v) is 13.7. The number of carbonyl (C=O) groups is 1. The Kier molecular flexibility index (Phi) is 4.69. The van der Waals surface area contributed by atoms with Gasteiger partial charge in [0.05, 0.1) is 5.56 Å². The number of nitrogens with zero attached hydrogens (tertiary/aromatic N) is 3. The second kappa shape index (κ2) is 6.61. The summed E-state index contributed by atoms with van der Waals surface area (Å²) in [6, 6.07) is 2.25. The van der Waals surface area contributed by atoms with E-state index in [1.54, 1.807) is 0 Å². The number of hydrogen-bond donors (Lipinski definition) is 0. The highest BCUT2D eigenvalue weighted by Gasteiger charge is 2.34. The van der Waals surface area contributed by atoms with Gasteiger partial charge in [-0.2, -0.15) is 13.2 Å². The molecule has 1 saturated heterocycles. The Hall–Kier alpha value is -1.79. The number of aromatic nitrogens is 1. The van der Waals surface area contributed by atoms with Crippen molar-refractivity contribution in [2.75, 3.05) is 25.0 Å². The average Bonchev–Trinajstić information content (AvgIpc) is 2.52. The third-order valence-corrected chi connectivity index (χ3v) is 5.21. The average molecular weight is 341 g/mol. The topological polar surface area (TPSA) is 36.4 Å². The summed E-state index contributed by atoms with van der Waals surface area (Å²) in [4.78, 5) is 20.1. The van der Waals surface area contributed by atoms with Crippen molar-refractivity contribution >= 4 is 11.7 Å². The molecule has 0 bridgehead atoms. The van der Waals surface area contributed by atoms with Crippen LogP contribution in [0.1, 0.15) is 37.7 Å². The lowest BCUT2D eigenvalue weighted by Gasteiger charge is -2.39. The van der Waals surface area contributed by atoms with Crippen LogP contribution >= 0.6 is 0 Å². The van der Waals surface area contributed by atoms with Crippen molar-refractivity contribution in [2.24, 2.45) is 5.92 Å². The van der Waals surface area contributed by atoms with Gasteiger partial charge in [-0.1, -0.05) is 6.42 Å². The second-order valence-electron chi connectivity index (χ2n) is 6.70. The van der Waals surface area contributed by atoms with E-state index in [2.05, 4.69) is 4.98 Å². The van der Waals surface area contributed by atoms with Crippen LogP contribution in [-0.2, 0) is 11.0 Å². The molecule has 1 aliphatic heterocycles. The van der Waals surface area contributed by atoms with Gasteiger partial charge in [0, 0.05) is 38.3 Å².